The summed E-state index contributed by atoms with van der Waals surface area (Å²) in [7, 11) is 0. The summed E-state index contributed by atoms with van der Waals surface area (Å²) < 4.78 is 4.66. The van der Waals surface area contributed by atoms with Crippen LogP contribution >= 0.6 is 0 Å². The predicted molar refractivity (Wildman–Crippen MR) is 112 cm³/mol. The van der Waals surface area contributed by atoms with Crippen LogP contribution in [0.25, 0.3) is 21.8 Å². The molecule has 0 saturated carbocycles. The van der Waals surface area contributed by atoms with E-state index in [9.17, 15) is 0 Å². The van der Waals surface area contributed by atoms with Gasteiger partial charge in [-0.2, -0.15) is 0 Å². The molecule has 27 heavy (non-hydrogen) atoms. The molecule has 0 saturated heterocycles. The lowest BCUT2D eigenvalue weighted by molar-refractivity contribution is -0.890. The summed E-state index contributed by atoms with van der Waals surface area (Å²) in [4.78, 5) is 0. The van der Waals surface area contributed by atoms with Crippen molar-refractivity contribution in [2.24, 2.45) is 0 Å². The molecule has 2 nitrogen and oxygen atoms in total. The molecule has 2 heterocycles. The molecule has 136 valence electrons. The summed E-state index contributed by atoms with van der Waals surface area (Å²) in [5.41, 5.74) is 5.31. The van der Waals surface area contributed by atoms with Crippen LogP contribution in [0.2, 0.25) is 0 Å². The SMILES string of the molecule is CC(C)c1ccc2c(ccc[n+]2C[n+]2cccc3cc(C(C)C)ccc32)c1. The molecule has 0 bridgehead atoms. The summed E-state index contributed by atoms with van der Waals surface area (Å²) in [5.74, 6) is 1.09. The van der Waals surface area contributed by atoms with Crippen LogP contribution in [-0.4, -0.2) is 0 Å². The smallest absolute Gasteiger partial charge is 0.139 e. The summed E-state index contributed by atoms with van der Waals surface area (Å²) in [6.07, 6.45) is 4.34. The zero-order valence-electron chi connectivity index (χ0n) is 16.7. The Hall–Kier alpha value is -2.74. The normalized spacial score (nSPS) is 11.8. The molecule has 0 unspecified atom stereocenters. The molecular formula is C25H28N2+2. The van der Waals surface area contributed by atoms with Gasteiger partial charge in [0, 0.05) is 35.0 Å². The Morgan fingerprint density at radius 3 is 1.48 bits per heavy atom. The van der Waals surface area contributed by atoms with E-state index in [1.807, 2.05) is 0 Å². The third kappa shape index (κ3) is 3.44. The van der Waals surface area contributed by atoms with Gasteiger partial charge < -0.3 is 0 Å². The minimum absolute atomic E-state index is 0.547. The zero-order chi connectivity index (χ0) is 19.0. The second kappa shape index (κ2) is 7.11. The van der Waals surface area contributed by atoms with E-state index >= 15 is 0 Å². The first-order valence-corrected chi connectivity index (χ1v) is 9.87. The van der Waals surface area contributed by atoms with Gasteiger partial charge in [-0.1, -0.05) is 39.8 Å². The Morgan fingerprint density at radius 2 is 1.07 bits per heavy atom. The van der Waals surface area contributed by atoms with Crippen molar-refractivity contribution in [3.63, 3.8) is 0 Å². The van der Waals surface area contributed by atoms with Crippen molar-refractivity contribution in [3.05, 3.63) is 84.2 Å². The number of rotatable bonds is 4. The van der Waals surface area contributed by atoms with Crippen LogP contribution in [0.3, 0.4) is 0 Å². The first kappa shape index (κ1) is 17.7. The molecule has 2 aromatic heterocycles. The van der Waals surface area contributed by atoms with Gasteiger partial charge >= 0.3 is 6.67 Å². The molecule has 2 aromatic carbocycles. The fraction of sp³-hybridized carbons (Fsp3) is 0.280. The summed E-state index contributed by atoms with van der Waals surface area (Å²) in [6, 6.07) is 22.4. The van der Waals surface area contributed by atoms with E-state index in [1.165, 1.54) is 32.9 Å². The number of fused-ring (bicyclic) bond motifs is 2. The maximum absolute atomic E-state index is 2.33. The van der Waals surface area contributed by atoms with Crippen molar-refractivity contribution in [1.82, 2.24) is 0 Å². The van der Waals surface area contributed by atoms with Gasteiger partial charge in [0.05, 0.1) is 0 Å². The van der Waals surface area contributed by atoms with Crippen LogP contribution in [0, 0.1) is 0 Å². The van der Waals surface area contributed by atoms with Crippen molar-refractivity contribution in [1.29, 1.82) is 0 Å². The van der Waals surface area contributed by atoms with Gasteiger partial charge in [0.1, 0.15) is 0 Å². The molecule has 0 aliphatic heterocycles. The molecule has 0 spiro atoms. The van der Waals surface area contributed by atoms with E-state index in [0.29, 0.717) is 11.8 Å². The number of hydrogen-bond donors (Lipinski definition) is 0. The van der Waals surface area contributed by atoms with E-state index < -0.39 is 0 Å². The molecule has 0 N–H and O–H groups in total. The molecule has 0 amide bonds. The molecule has 0 atom stereocenters. The molecular weight excluding hydrogens is 328 g/mol. The van der Waals surface area contributed by atoms with Gasteiger partial charge in [0.2, 0.25) is 11.0 Å². The van der Waals surface area contributed by atoms with Crippen molar-refractivity contribution in [3.8, 4) is 0 Å². The highest BCUT2D eigenvalue weighted by Crippen LogP contribution is 2.20. The fourth-order valence-corrected chi connectivity index (χ4v) is 3.73. The lowest BCUT2D eigenvalue weighted by atomic mass is 10.0. The average Bonchev–Trinajstić information content (AvgIpc) is 2.67. The number of benzene rings is 2. The first-order chi connectivity index (χ1) is 13.0. The number of nitrogens with zero attached hydrogens (tertiary/aromatic N) is 2. The summed E-state index contributed by atoms with van der Waals surface area (Å²) >= 11 is 0. The molecule has 4 aromatic rings. The Balaban J connectivity index is 1.78. The first-order valence-electron chi connectivity index (χ1n) is 9.87. The van der Waals surface area contributed by atoms with Crippen LogP contribution in [0.1, 0.15) is 50.7 Å². The molecule has 0 fully saturated rings. The largest absolute Gasteiger partial charge is 0.344 e. The molecule has 4 rings (SSSR count). The van der Waals surface area contributed by atoms with Gasteiger partial charge in [0.15, 0.2) is 12.4 Å². The van der Waals surface area contributed by atoms with E-state index in [0.717, 1.165) is 6.67 Å². The van der Waals surface area contributed by atoms with Gasteiger partial charge in [-0.25, -0.2) is 0 Å². The second-order valence-corrected chi connectivity index (χ2v) is 8.04. The van der Waals surface area contributed by atoms with Crippen molar-refractivity contribution in [2.75, 3.05) is 0 Å². The van der Waals surface area contributed by atoms with Crippen LogP contribution in [0.15, 0.2) is 73.1 Å². The van der Waals surface area contributed by atoms with Gasteiger partial charge in [-0.3, -0.25) is 0 Å². The zero-order valence-corrected chi connectivity index (χ0v) is 16.7. The number of aromatic nitrogens is 2. The van der Waals surface area contributed by atoms with Crippen LogP contribution in [0.5, 0.6) is 0 Å². The summed E-state index contributed by atoms with van der Waals surface area (Å²) in [6.45, 7) is 9.78. The monoisotopic (exact) mass is 356 g/mol. The van der Waals surface area contributed by atoms with Gasteiger partial charge in [-0.15, -0.1) is 9.13 Å². The minimum atomic E-state index is 0.547. The Labute approximate surface area is 161 Å². The molecule has 0 aliphatic carbocycles. The maximum Gasteiger partial charge on any atom is 0.344 e. The van der Waals surface area contributed by atoms with E-state index in [4.69, 9.17) is 0 Å². The molecule has 0 radical (unpaired) electrons. The van der Waals surface area contributed by atoms with Crippen LogP contribution in [-0.2, 0) is 6.67 Å². The van der Waals surface area contributed by atoms with Crippen LogP contribution < -0.4 is 9.13 Å². The van der Waals surface area contributed by atoms with Crippen molar-refractivity contribution in [2.45, 2.75) is 46.2 Å². The highest BCUT2D eigenvalue weighted by atomic mass is 15.1. The Bertz CT molecular complexity index is 1020. The average molecular weight is 357 g/mol. The van der Waals surface area contributed by atoms with Crippen LogP contribution in [0.4, 0.5) is 0 Å². The highest BCUT2D eigenvalue weighted by molar-refractivity contribution is 5.77. The third-order valence-electron chi connectivity index (χ3n) is 5.44. The third-order valence-corrected chi connectivity index (χ3v) is 5.44. The van der Waals surface area contributed by atoms with Gasteiger partial charge in [-0.05, 0) is 47.2 Å². The maximum atomic E-state index is 2.33. The van der Waals surface area contributed by atoms with E-state index in [2.05, 4.69) is 110 Å². The van der Waals surface area contributed by atoms with E-state index in [1.54, 1.807) is 0 Å². The molecule has 2 heteroatoms. The number of hydrogen-bond acceptors (Lipinski definition) is 0. The lowest BCUT2D eigenvalue weighted by Gasteiger charge is -2.07. The topological polar surface area (TPSA) is 7.76 Å². The minimum Gasteiger partial charge on any atom is -0.139 e. The quantitative estimate of drug-likeness (QED) is 0.437. The standard InChI is InChI=1S/C25H28N2/c1-18(2)20-9-11-24-22(15-20)7-5-13-26(24)17-27-14-6-8-23-16-21(19(3)4)10-12-25(23)27/h5-16,18-19H,17H2,1-4H3/q+2. The van der Waals surface area contributed by atoms with E-state index in [-0.39, 0.29) is 0 Å². The Morgan fingerprint density at radius 1 is 0.630 bits per heavy atom. The van der Waals surface area contributed by atoms with Crippen molar-refractivity contribution < 1.29 is 9.13 Å². The highest BCUT2D eigenvalue weighted by Gasteiger charge is 2.17. The predicted octanol–water partition coefficient (Wildman–Crippen LogP) is 5.32. The van der Waals surface area contributed by atoms with Gasteiger partial charge in [0.25, 0.3) is 0 Å². The molecule has 0 aliphatic rings. The summed E-state index contributed by atoms with van der Waals surface area (Å²) in [5, 5.41) is 2.60. The lowest BCUT2D eigenvalue weighted by Crippen LogP contribution is -2.51. The fourth-order valence-electron chi connectivity index (χ4n) is 3.73. The second-order valence-electron chi connectivity index (χ2n) is 8.04. The number of pyridine rings is 2. The Kier molecular flexibility index (Phi) is 4.65. The van der Waals surface area contributed by atoms with Crippen molar-refractivity contribution >= 4 is 21.8 Å².